The third-order valence-electron chi connectivity index (χ3n) is 4.96. The normalized spacial score (nSPS) is 10.8. The first kappa shape index (κ1) is 23.8. The molecule has 3 rings (SSSR count). The van der Waals surface area contributed by atoms with E-state index in [1.807, 2.05) is 36.4 Å². The van der Waals surface area contributed by atoms with Crippen LogP contribution in [0.3, 0.4) is 0 Å². The lowest BCUT2D eigenvalue weighted by Gasteiger charge is -2.23. The highest BCUT2D eigenvalue weighted by Crippen LogP contribution is 2.30. The number of benzene rings is 2. The molecular weight excluding hydrogens is 428 g/mol. The minimum Gasteiger partial charge on any atom is -0.497 e. The van der Waals surface area contributed by atoms with Crippen LogP contribution in [0.25, 0.3) is 11.3 Å². The fourth-order valence-corrected chi connectivity index (χ4v) is 3.45. The molecule has 174 valence electrons. The van der Waals surface area contributed by atoms with Gasteiger partial charge in [0.25, 0.3) is 0 Å². The molecule has 0 atom stereocenters. The number of nitrogens with zero attached hydrogens (tertiary/aromatic N) is 2. The largest absolute Gasteiger partial charge is 0.497 e. The standard InChI is InChI=1S/C24H26N2O7/c1-4-32-21(27)15-26(13-17-10-11-18(30-2)12-20(17)31-3)14-19-22(16-8-6-5-7-9-16)25-33-23(19)24(28)29/h5-12H,4,13-15H2,1-3H3,(H,28,29). The molecule has 1 heterocycles. The third-order valence-corrected chi connectivity index (χ3v) is 4.96. The second-order valence-corrected chi connectivity index (χ2v) is 7.14. The Balaban J connectivity index is 1.98. The summed E-state index contributed by atoms with van der Waals surface area (Å²) in [7, 11) is 3.11. The van der Waals surface area contributed by atoms with Gasteiger partial charge in [0.1, 0.15) is 17.2 Å². The Morgan fingerprint density at radius 2 is 1.82 bits per heavy atom. The van der Waals surface area contributed by atoms with Crippen molar-refractivity contribution < 1.29 is 33.4 Å². The van der Waals surface area contributed by atoms with Crippen LogP contribution in [0.2, 0.25) is 0 Å². The molecule has 0 fully saturated rings. The van der Waals surface area contributed by atoms with E-state index >= 15 is 0 Å². The minimum atomic E-state index is -1.24. The summed E-state index contributed by atoms with van der Waals surface area (Å²) in [5.41, 5.74) is 2.27. The number of hydrogen-bond donors (Lipinski definition) is 1. The number of esters is 1. The average Bonchev–Trinajstić information content (AvgIpc) is 3.23. The van der Waals surface area contributed by atoms with Crippen LogP contribution in [0.4, 0.5) is 0 Å². The van der Waals surface area contributed by atoms with E-state index in [9.17, 15) is 14.7 Å². The van der Waals surface area contributed by atoms with Gasteiger partial charge in [-0.1, -0.05) is 41.6 Å². The van der Waals surface area contributed by atoms with Crippen LogP contribution in [0.5, 0.6) is 11.5 Å². The number of methoxy groups -OCH3 is 2. The van der Waals surface area contributed by atoms with E-state index < -0.39 is 11.9 Å². The second kappa shape index (κ2) is 11.1. The van der Waals surface area contributed by atoms with Gasteiger partial charge < -0.3 is 23.8 Å². The van der Waals surface area contributed by atoms with Crippen molar-refractivity contribution in [3.63, 3.8) is 0 Å². The van der Waals surface area contributed by atoms with E-state index in [0.717, 1.165) is 5.56 Å². The molecule has 33 heavy (non-hydrogen) atoms. The van der Waals surface area contributed by atoms with Crippen LogP contribution < -0.4 is 9.47 Å². The van der Waals surface area contributed by atoms with E-state index in [0.29, 0.717) is 28.3 Å². The molecule has 0 saturated carbocycles. The Kier molecular flexibility index (Phi) is 8.04. The van der Waals surface area contributed by atoms with Gasteiger partial charge in [-0.3, -0.25) is 9.69 Å². The molecule has 3 aromatic rings. The molecule has 0 aliphatic heterocycles. The van der Waals surface area contributed by atoms with Crippen LogP contribution in [0.15, 0.2) is 53.1 Å². The summed E-state index contributed by atoms with van der Waals surface area (Å²) in [6.45, 7) is 2.27. The van der Waals surface area contributed by atoms with E-state index in [-0.39, 0.29) is 32.0 Å². The molecule has 0 aliphatic carbocycles. The van der Waals surface area contributed by atoms with Gasteiger partial charge in [-0.05, 0) is 13.0 Å². The molecule has 0 spiro atoms. The van der Waals surface area contributed by atoms with Gasteiger partial charge in [-0.2, -0.15) is 0 Å². The van der Waals surface area contributed by atoms with Crippen LogP contribution in [-0.4, -0.2) is 54.5 Å². The van der Waals surface area contributed by atoms with Crippen molar-refractivity contribution in [3.8, 4) is 22.8 Å². The smallest absolute Gasteiger partial charge is 0.375 e. The number of aromatic nitrogens is 1. The average molecular weight is 454 g/mol. The third kappa shape index (κ3) is 5.89. The summed E-state index contributed by atoms with van der Waals surface area (Å²) < 4.78 is 21.0. The van der Waals surface area contributed by atoms with Crippen molar-refractivity contribution in [2.45, 2.75) is 20.0 Å². The van der Waals surface area contributed by atoms with Gasteiger partial charge in [-0.25, -0.2) is 4.79 Å². The van der Waals surface area contributed by atoms with E-state index in [2.05, 4.69) is 5.16 Å². The molecule has 1 aromatic heterocycles. The van der Waals surface area contributed by atoms with Crippen molar-refractivity contribution in [3.05, 3.63) is 65.4 Å². The highest BCUT2D eigenvalue weighted by Gasteiger charge is 2.26. The number of aromatic carboxylic acids is 1. The summed E-state index contributed by atoms with van der Waals surface area (Å²) in [4.78, 5) is 25.9. The molecule has 0 saturated heterocycles. The SMILES string of the molecule is CCOC(=O)CN(Cc1ccc(OC)cc1OC)Cc1c(-c2ccccc2)noc1C(=O)O. The number of rotatable bonds is 11. The lowest BCUT2D eigenvalue weighted by atomic mass is 10.0. The van der Waals surface area contributed by atoms with Crippen molar-refractivity contribution in [2.75, 3.05) is 27.4 Å². The van der Waals surface area contributed by atoms with Crippen molar-refractivity contribution in [2.24, 2.45) is 0 Å². The van der Waals surface area contributed by atoms with Crippen LogP contribution in [0, 0.1) is 0 Å². The van der Waals surface area contributed by atoms with Gasteiger partial charge in [0.2, 0.25) is 5.76 Å². The lowest BCUT2D eigenvalue weighted by Crippen LogP contribution is -2.31. The number of ether oxygens (including phenoxy) is 3. The summed E-state index contributed by atoms with van der Waals surface area (Å²) in [6.07, 6.45) is 0. The number of carboxylic acid groups (broad SMARTS) is 1. The molecule has 9 nitrogen and oxygen atoms in total. The summed E-state index contributed by atoms with van der Waals surface area (Å²) >= 11 is 0. The zero-order valence-electron chi connectivity index (χ0n) is 18.7. The zero-order chi connectivity index (χ0) is 23.8. The second-order valence-electron chi connectivity index (χ2n) is 7.14. The Labute approximate surface area is 191 Å². The number of carbonyl (C=O) groups is 2. The molecule has 0 unspecified atom stereocenters. The van der Waals surface area contributed by atoms with E-state index in [4.69, 9.17) is 18.7 Å². The molecular formula is C24H26N2O7. The Morgan fingerprint density at radius 1 is 1.06 bits per heavy atom. The summed E-state index contributed by atoms with van der Waals surface area (Å²) in [6, 6.07) is 14.5. The first-order chi connectivity index (χ1) is 16.0. The fourth-order valence-electron chi connectivity index (χ4n) is 3.45. The highest BCUT2D eigenvalue weighted by molar-refractivity contribution is 5.88. The Hall–Kier alpha value is -3.85. The fraction of sp³-hybridized carbons (Fsp3) is 0.292. The summed E-state index contributed by atoms with van der Waals surface area (Å²) in [5, 5.41) is 13.7. The van der Waals surface area contributed by atoms with Crippen molar-refractivity contribution in [1.82, 2.24) is 10.1 Å². The molecule has 0 amide bonds. The van der Waals surface area contributed by atoms with Gasteiger partial charge in [0, 0.05) is 35.8 Å². The molecule has 0 aliphatic rings. The van der Waals surface area contributed by atoms with Gasteiger partial charge in [-0.15, -0.1) is 0 Å². The topological polar surface area (TPSA) is 111 Å². The molecule has 0 bridgehead atoms. The maximum atomic E-state index is 12.3. The number of carbonyl (C=O) groups excluding carboxylic acids is 1. The van der Waals surface area contributed by atoms with Crippen LogP contribution >= 0.6 is 0 Å². The number of hydrogen-bond acceptors (Lipinski definition) is 8. The first-order valence-corrected chi connectivity index (χ1v) is 10.3. The van der Waals surface area contributed by atoms with Crippen molar-refractivity contribution in [1.29, 1.82) is 0 Å². The summed E-state index contributed by atoms with van der Waals surface area (Å²) in [5.74, 6) is -0.733. The quantitative estimate of drug-likeness (QED) is 0.434. The maximum Gasteiger partial charge on any atom is 0.375 e. The first-order valence-electron chi connectivity index (χ1n) is 10.3. The molecule has 9 heteroatoms. The van der Waals surface area contributed by atoms with E-state index in [1.165, 1.54) is 0 Å². The highest BCUT2D eigenvalue weighted by atomic mass is 16.5. The molecule has 2 aromatic carbocycles. The van der Waals surface area contributed by atoms with Crippen LogP contribution in [0.1, 0.15) is 28.6 Å². The molecule has 0 radical (unpaired) electrons. The van der Waals surface area contributed by atoms with Gasteiger partial charge >= 0.3 is 11.9 Å². The van der Waals surface area contributed by atoms with Gasteiger partial charge in [0.15, 0.2) is 0 Å². The Bertz CT molecular complexity index is 1100. The zero-order valence-corrected chi connectivity index (χ0v) is 18.7. The van der Waals surface area contributed by atoms with E-state index in [1.54, 1.807) is 38.2 Å². The predicted molar refractivity (Wildman–Crippen MR) is 119 cm³/mol. The monoisotopic (exact) mass is 454 g/mol. The Morgan fingerprint density at radius 3 is 2.45 bits per heavy atom. The minimum absolute atomic E-state index is 0.0680. The van der Waals surface area contributed by atoms with Crippen molar-refractivity contribution >= 4 is 11.9 Å². The predicted octanol–water partition coefficient (Wildman–Crippen LogP) is 3.62. The van der Waals surface area contributed by atoms with Crippen LogP contribution in [-0.2, 0) is 22.6 Å². The lowest BCUT2D eigenvalue weighted by molar-refractivity contribution is -0.144. The number of carboxylic acids is 1. The van der Waals surface area contributed by atoms with Gasteiger partial charge in [0.05, 0.1) is 27.4 Å². The maximum absolute atomic E-state index is 12.3. The molecule has 1 N–H and O–H groups in total.